The lowest BCUT2D eigenvalue weighted by Crippen LogP contribution is -2.59. The lowest BCUT2D eigenvalue weighted by molar-refractivity contribution is -0.147. The number of benzene rings is 2. The Kier molecular flexibility index (Phi) is 9.09. The number of aryl methyl sites for hydroxylation is 2. The van der Waals surface area contributed by atoms with E-state index in [2.05, 4.69) is 5.32 Å². The van der Waals surface area contributed by atoms with Crippen LogP contribution in [-0.4, -0.2) is 77.2 Å². The number of fused-ring (bicyclic) bond motifs is 2. The lowest BCUT2D eigenvalue weighted by atomic mass is 9.77. The van der Waals surface area contributed by atoms with Crippen molar-refractivity contribution in [2.24, 2.45) is 17.8 Å². The summed E-state index contributed by atoms with van der Waals surface area (Å²) in [4.78, 5) is 59.9. The van der Waals surface area contributed by atoms with Crippen molar-refractivity contribution >= 4 is 29.4 Å². The number of nitrogens with zero attached hydrogens (tertiary/aromatic N) is 2. The highest BCUT2D eigenvalue weighted by molar-refractivity contribution is 6.06. The number of hydrogen-bond donors (Lipinski definition) is 2. The normalized spacial score (nSPS) is 30.8. The minimum absolute atomic E-state index is 0.0713. The Morgan fingerprint density at radius 1 is 0.979 bits per heavy atom. The van der Waals surface area contributed by atoms with Crippen molar-refractivity contribution < 1.29 is 33.8 Å². The van der Waals surface area contributed by atoms with Crippen LogP contribution in [0.25, 0.3) is 0 Å². The molecule has 2 fully saturated rings. The van der Waals surface area contributed by atoms with Gasteiger partial charge in [-0.2, -0.15) is 0 Å². The Balaban J connectivity index is 1.48. The minimum Gasteiger partial charge on any atom is -0.463 e. The number of cyclic esters (lactones) is 1. The average molecular weight is 642 g/mol. The number of carbonyl (C=O) groups excluding carboxylic acids is 4. The topological polar surface area (TPSA) is 125 Å². The highest BCUT2D eigenvalue weighted by Crippen LogP contribution is 2.54. The SMILES string of the molecule is Cc1cccc(C)c1N1CC=C[C@@]23O[C@H]4/C=C\CCC(=O)OC[C@H](c5ccccc5)NC(=O)[C@H]4[C@@H]2C(=O)N([C@@H](CO)C(C)C)[C@H]3C1=O. The van der Waals surface area contributed by atoms with Crippen LogP contribution in [-0.2, 0) is 28.7 Å². The molecule has 1 spiro atoms. The van der Waals surface area contributed by atoms with E-state index >= 15 is 0 Å². The molecule has 10 nitrogen and oxygen atoms in total. The van der Waals surface area contributed by atoms with Gasteiger partial charge in [-0.15, -0.1) is 0 Å². The van der Waals surface area contributed by atoms with E-state index in [1.807, 2.05) is 82.3 Å². The van der Waals surface area contributed by atoms with Crippen LogP contribution in [0.5, 0.6) is 0 Å². The molecule has 0 saturated carbocycles. The third-order valence-electron chi connectivity index (χ3n) is 10.0. The summed E-state index contributed by atoms with van der Waals surface area (Å²) in [5.41, 5.74) is 1.86. The zero-order valence-electron chi connectivity index (χ0n) is 27.3. The number of esters is 1. The first-order chi connectivity index (χ1) is 22.6. The average Bonchev–Trinajstić information content (AvgIpc) is 3.43. The van der Waals surface area contributed by atoms with Gasteiger partial charge in [-0.1, -0.05) is 86.7 Å². The molecule has 2 aromatic carbocycles. The first-order valence-electron chi connectivity index (χ1n) is 16.4. The van der Waals surface area contributed by atoms with E-state index in [4.69, 9.17) is 9.47 Å². The molecule has 47 heavy (non-hydrogen) atoms. The number of rotatable bonds is 5. The largest absolute Gasteiger partial charge is 0.463 e. The summed E-state index contributed by atoms with van der Waals surface area (Å²) in [6.07, 6.45) is 6.81. The molecule has 2 N–H and O–H groups in total. The van der Waals surface area contributed by atoms with Crippen LogP contribution in [0.1, 0.15) is 49.4 Å². The summed E-state index contributed by atoms with van der Waals surface area (Å²) in [7, 11) is 0. The van der Waals surface area contributed by atoms with Gasteiger partial charge in [0.25, 0.3) is 5.91 Å². The molecular weight excluding hydrogens is 598 g/mol. The van der Waals surface area contributed by atoms with Crippen molar-refractivity contribution in [3.8, 4) is 0 Å². The maximum absolute atomic E-state index is 14.9. The Labute approximate surface area is 275 Å². The summed E-state index contributed by atoms with van der Waals surface area (Å²) in [6, 6.07) is 12.6. The zero-order chi connectivity index (χ0) is 33.5. The monoisotopic (exact) mass is 641 g/mol. The Hall–Kier alpha value is -4.28. The highest BCUT2D eigenvalue weighted by Gasteiger charge is 2.72. The molecule has 6 rings (SSSR count). The molecule has 4 heterocycles. The van der Waals surface area contributed by atoms with Crippen molar-refractivity contribution in [3.05, 3.63) is 89.5 Å². The van der Waals surface area contributed by atoms with E-state index in [1.54, 1.807) is 23.1 Å². The molecule has 2 saturated heterocycles. The number of carbonyl (C=O) groups is 4. The lowest BCUT2D eigenvalue weighted by Gasteiger charge is -2.40. The third-order valence-corrected chi connectivity index (χ3v) is 10.0. The Bertz CT molecular complexity index is 1580. The number of nitrogens with one attached hydrogen (secondary N) is 1. The van der Waals surface area contributed by atoms with Gasteiger partial charge in [-0.25, -0.2) is 0 Å². The van der Waals surface area contributed by atoms with Gasteiger partial charge in [0.2, 0.25) is 11.8 Å². The fourth-order valence-electron chi connectivity index (χ4n) is 7.79. The van der Waals surface area contributed by atoms with Crippen LogP contribution in [0.15, 0.2) is 72.8 Å². The number of amides is 3. The van der Waals surface area contributed by atoms with Gasteiger partial charge in [0, 0.05) is 18.7 Å². The Morgan fingerprint density at radius 3 is 2.38 bits per heavy atom. The molecule has 248 valence electrons. The number of ether oxygens (including phenoxy) is 2. The van der Waals surface area contributed by atoms with E-state index in [1.165, 1.54) is 4.90 Å². The number of allylic oxidation sites excluding steroid dienone is 1. The van der Waals surface area contributed by atoms with E-state index in [9.17, 15) is 24.3 Å². The molecule has 0 aromatic heterocycles. The summed E-state index contributed by atoms with van der Waals surface area (Å²) in [5, 5.41) is 13.7. The fourth-order valence-corrected chi connectivity index (χ4v) is 7.79. The van der Waals surface area contributed by atoms with Gasteiger partial charge >= 0.3 is 5.97 Å². The van der Waals surface area contributed by atoms with Gasteiger partial charge in [-0.3, -0.25) is 19.2 Å². The van der Waals surface area contributed by atoms with E-state index in [-0.39, 0.29) is 44.0 Å². The second-order valence-electron chi connectivity index (χ2n) is 13.3. The van der Waals surface area contributed by atoms with Gasteiger partial charge < -0.3 is 29.7 Å². The molecular formula is C37H43N3O7. The molecule has 3 amide bonds. The van der Waals surface area contributed by atoms with Crippen LogP contribution in [0.2, 0.25) is 0 Å². The third kappa shape index (κ3) is 5.67. The van der Waals surface area contributed by atoms with Gasteiger partial charge in [0.1, 0.15) is 18.2 Å². The van der Waals surface area contributed by atoms with Crippen molar-refractivity contribution in [3.63, 3.8) is 0 Å². The van der Waals surface area contributed by atoms with Gasteiger partial charge in [0.15, 0.2) is 0 Å². The molecule has 10 heteroatoms. The number of anilines is 1. The number of hydrogen-bond acceptors (Lipinski definition) is 7. The first-order valence-corrected chi connectivity index (χ1v) is 16.4. The zero-order valence-corrected chi connectivity index (χ0v) is 27.3. The van der Waals surface area contributed by atoms with Crippen molar-refractivity contribution in [1.82, 2.24) is 10.2 Å². The molecule has 7 atom stereocenters. The number of aliphatic hydroxyl groups excluding tert-OH is 1. The second kappa shape index (κ2) is 13.1. The first kappa shape index (κ1) is 32.7. The fraction of sp³-hybridized carbons (Fsp3) is 0.459. The predicted octanol–water partition coefficient (Wildman–Crippen LogP) is 3.55. The van der Waals surface area contributed by atoms with Crippen LogP contribution in [0.4, 0.5) is 5.69 Å². The minimum atomic E-state index is -1.48. The summed E-state index contributed by atoms with van der Waals surface area (Å²) in [6.45, 7) is 7.51. The van der Waals surface area contributed by atoms with Crippen molar-refractivity contribution in [2.45, 2.75) is 70.4 Å². The van der Waals surface area contributed by atoms with Crippen molar-refractivity contribution in [1.29, 1.82) is 0 Å². The molecule has 4 aliphatic heterocycles. The number of para-hydroxylation sites is 1. The Morgan fingerprint density at radius 2 is 1.70 bits per heavy atom. The van der Waals surface area contributed by atoms with Crippen LogP contribution in [0, 0.1) is 31.6 Å². The van der Waals surface area contributed by atoms with Crippen LogP contribution >= 0.6 is 0 Å². The highest BCUT2D eigenvalue weighted by atomic mass is 16.5. The smallest absolute Gasteiger partial charge is 0.306 e. The van der Waals surface area contributed by atoms with E-state index in [0.717, 1.165) is 22.4 Å². The summed E-state index contributed by atoms with van der Waals surface area (Å²) in [5.74, 6) is -3.80. The molecule has 4 aliphatic rings. The molecule has 2 aromatic rings. The maximum Gasteiger partial charge on any atom is 0.306 e. The quantitative estimate of drug-likeness (QED) is 0.378. The maximum atomic E-state index is 14.9. The van der Waals surface area contributed by atoms with Crippen molar-refractivity contribution in [2.75, 3.05) is 24.7 Å². The number of likely N-dealkylation sites (tertiary alicyclic amines) is 1. The second-order valence-corrected chi connectivity index (χ2v) is 13.3. The van der Waals surface area contributed by atoms with Gasteiger partial charge in [-0.05, 0) is 42.9 Å². The van der Waals surface area contributed by atoms with Gasteiger partial charge in [0.05, 0.1) is 36.6 Å². The van der Waals surface area contributed by atoms with E-state index in [0.29, 0.717) is 6.42 Å². The molecule has 0 aliphatic carbocycles. The molecule has 0 bridgehead atoms. The van der Waals surface area contributed by atoms with E-state index < -0.39 is 53.5 Å². The summed E-state index contributed by atoms with van der Waals surface area (Å²) < 4.78 is 12.4. The standard InChI is InChI=1S/C37H43N3O7/c1-22(2)27(20-41)40-33-36(45)39(32-23(3)12-10-13-24(32)4)19-11-18-37(33)31(35(40)44)30-28(47-37)16-8-9-17-29(42)46-21-26(38-34(30)43)25-14-6-5-7-15-25/h5-8,10-16,18,22,26-28,30-31,33,41H,9,17,19-21H2,1-4H3,(H,38,43)/b16-8-/t26-,27+,28+,30-,31-,33+,37-/m1/s1. The van der Waals surface area contributed by atoms with Crippen LogP contribution in [0.3, 0.4) is 0 Å². The molecule has 0 radical (unpaired) electrons. The number of aliphatic hydroxyl groups is 1. The predicted molar refractivity (Wildman–Crippen MR) is 175 cm³/mol. The molecule has 0 unspecified atom stereocenters. The van der Waals surface area contributed by atoms with Crippen LogP contribution < -0.4 is 10.2 Å². The summed E-state index contributed by atoms with van der Waals surface area (Å²) >= 11 is 0.